The summed E-state index contributed by atoms with van der Waals surface area (Å²) in [6.45, 7) is -0.310. The van der Waals surface area contributed by atoms with Gasteiger partial charge in [0, 0.05) is 20.6 Å². The van der Waals surface area contributed by atoms with Gasteiger partial charge in [-0.1, -0.05) is 0 Å². The second kappa shape index (κ2) is 6.21. The second-order valence-corrected chi connectivity index (χ2v) is 5.22. The number of hydrogen-bond donors (Lipinski definition) is 2. The average Bonchev–Trinajstić information content (AvgIpc) is 2.63. The molecular formula is C11H16F3N3O2S. The summed E-state index contributed by atoms with van der Waals surface area (Å²) in [5.41, 5.74) is 5.92. The maximum absolute atomic E-state index is 12.1. The summed E-state index contributed by atoms with van der Waals surface area (Å²) in [5, 5.41) is 2.92. The first-order valence-corrected chi connectivity index (χ1v) is 6.47. The van der Waals surface area contributed by atoms with Gasteiger partial charge in [-0.2, -0.15) is 13.2 Å². The van der Waals surface area contributed by atoms with Gasteiger partial charge in [0.2, 0.25) is 0 Å². The number of nitrogen functional groups attached to an aromatic ring is 1. The molecule has 0 saturated carbocycles. The Kier molecular flexibility index (Phi) is 5.09. The number of anilines is 2. The van der Waals surface area contributed by atoms with Crippen LogP contribution in [0.1, 0.15) is 16.1 Å². The van der Waals surface area contributed by atoms with Crippen molar-refractivity contribution in [3.8, 4) is 5.75 Å². The number of rotatable bonds is 5. The number of carbonyl (C=O) groups is 1. The fraction of sp³-hybridized carbons (Fsp3) is 0.545. The Labute approximate surface area is 118 Å². The summed E-state index contributed by atoms with van der Waals surface area (Å²) in [6, 6.07) is 0. The van der Waals surface area contributed by atoms with Crippen LogP contribution in [0.5, 0.6) is 5.75 Å². The summed E-state index contributed by atoms with van der Waals surface area (Å²) in [6.07, 6.45) is -5.23. The summed E-state index contributed by atoms with van der Waals surface area (Å²) < 4.78 is 41.4. The second-order valence-electron chi connectivity index (χ2n) is 4.20. The molecule has 0 unspecified atom stereocenters. The lowest BCUT2D eigenvalue weighted by Gasteiger charge is -2.08. The quantitative estimate of drug-likeness (QED) is 0.876. The number of thiophene rings is 1. The number of nitrogens with zero attached hydrogens (tertiary/aromatic N) is 1. The van der Waals surface area contributed by atoms with Crippen LogP contribution < -0.4 is 15.8 Å². The molecule has 114 valence electrons. The van der Waals surface area contributed by atoms with Gasteiger partial charge in [-0.25, -0.2) is 0 Å². The van der Waals surface area contributed by atoms with E-state index in [0.717, 1.165) is 11.3 Å². The van der Waals surface area contributed by atoms with Crippen molar-refractivity contribution in [3.05, 3.63) is 4.88 Å². The Hall–Kier alpha value is -1.64. The molecule has 0 atom stereocenters. The van der Waals surface area contributed by atoms with E-state index in [4.69, 9.17) is 10.5 Å². The van der Waals surface area contributed by atoms with Crippen LogP contribution in [-0.2, 0) is 0 Å². The molecule has 1 rings (SSSR count). The minimum atomic E-state index is -4.24. The first-order chi connectivity index (χ1) is 9.17. The van der Waals surface area contributed by atoms with Gasteiger partial charge in [0.1, 0.15) is 15.6 Å². The van der Waals surface area contributed by atoms with Crippen LogP contribution in [0, 0.1) is 0 Å². The molecule has 0 aromatic carbocycles. The normalized spacial score (nSPS) is 11.3. The Morgan fingerprint density at radius 3 is 2.50 bits per heavy atom. The smallest absolute Gasteiger partial charge is 0.390 e. The topological polar surface area (TPSA) is 67.6 Å². The third-order valence-electron chi connectivity index (χ3n) is 2.40. The maximum atomic E-state index is 12.1. The van der Waals surface area contributed by atoms with Crippen molar-refractivity contribution in [2.24, 2.45) is 0 Å². The Morgan fingerprint density at radius 1 is 1.45 bits per heavy atom. The summed E-state index contributed by atoms with van der Waals surface area (Å²) in [4.78, 5) is 13.4. The zero-order valence-corrected chi connectivity index (χ0v) is 12.1. The Morgan fingerprint density at radius 2 is 2.05 bits per heavy atom. The van der Waals surface area contributed by atoms with E-state index >= 15 is 0 Å². The maximum Gasteiger partial charge on any atom is 0.390 e. The van der Waals surface area contributed by atoms with Crippen molar-refractivity contribution < 1.29 is 22.7 Å². The third kappa shape index (κ3) is 3.92. The first-order valence-electron chi connectivity index (χ1n) is 5.66. The Bertz CT molecular complexity index is 486. The van der Waals surface area contributed by atoms with Gasteiger partial charge in [-0.3, -0.25) is 4.79 Å². The number of nitrogens with two attached hydrogens (primary N) is 1. The summed E-state index contributed by atoms with van der Waals surface area (Å²) in [7, 11) is 4.46. The fourth-order valence-corrected chi connectivity index (χ4v) is 2.56. The molecule has 0 spiro atoms. The van der Waals surface area contributed by atoms with Gasteiger partial charge >= 0.3 is 6.18 Å². The molecule has 3 N–H and O–H groups in total. The van der Waals surface area contributed by atoms with Gasteiger partial charge in [-0.05, 0) is 0 Å². The molecule has 9 heteroatoms. The number of amides is 1. The molecule has 1 amide bonds. The van der Waals surface area contributed by atoms with Crippen molar-refractivity contribution in [3.63, 3.8) is 0 Å². The van der Waals surface area contributed by atoms with Crippen LogP contribution in [-0.4, -0.2) is 44.7 Å². The van der Waals surface area contributed by atoms with E-state index in [9.17, 15) is 18.0 Å². The number of nitrogens with one attached hydrogen (secondary N) is 1. The highest BCUT2D eigenvalue weighted by Crippen LogP contribution is 2.42. The van der Waals surface area contributed by atoms with Crippen LogP contribution in [0.3, 0.4) is 0 Å². The molecular weight excluding hydrogens is 295 g/mol. The number of halogens is 3. The lowest BCUT2D eigenvalue weighted by atomic mass is 10.3. The molecule has 20 heavy (non-hydrogen) atoms. The highest BCUT2D eigenvalue weighted by atomic mass is 32.1. The number of methoxy groups -OCH3 is 1. The highest BCUT2D eigenvalue weighted by Gasteiger charge is 2.27. The van der Waals surface area contributed by atoms with E-state index in [1.165, 1.54) is 12.0 Å². The zero-order valence-electron chi connectivity index (χ0n) is 11.3. The number of ether oxygens (including phenoxy) is 1. The van der Waals surface area contributed by atoms with Crippen molar-refractivity contribution in [2.45, 2.75) is 12.6 Å². The molecule has 0 aliphatic carbocycles. The van der Waals surface area contributed by atoms with E-state index in [1.807, 2.05) is 0 Å². The lowest BCUT2D eigenvalue weighted by molar-refractivity contribution is -0.131. The molecule has 0 aliphatic heterocycles. The lowest BCUT2D eigenvalue weighted by Crippen LogP contribution is -2.21. The standard InChI is InChI=1S/C11H16F3N3O2S/c1-17(2)10(18)8-6(15)7(19-3)9(20-8)16-5-4-11(12,13)14/h16H,4-5,15H2,1-3H3. The average molecular weight is 311 g/mol. The van der Waals surface area contributed by atoms with Gasteiger partial charge in [0.25, 0.3) is 5.91 Å². The van der Waals surface area contributed by atoms with E-state index in [-0.39, 0.29) is 28.8 Å². The van der Waals surface area contributed by atoms with E-state index < -0.39 is 12.6 Å². The predicted molar refractivity (Wildman–Crippen MR) is 72.5 cm³/mol. The molecule has 0 aliphatic rings. The van der Waals surface area contributed by atoms with Crippen LogP contribution in [0.15, 0.2) is 0 Å². The number of alkyl halides is 3. The summed E-state index contributed by atoms with van der Waals surface area (Å²) >= 11 is 0.978. The fourth-order valence-electron chi connectivity index (χ4n) is 1.43. The summed E-state index contributed by atoms with van der Waals surface area (Å²) in [5.74, 6) is -0.128. The highest BCUT2D eigenvalue weighted by molar-refractivity contribution is 7.19. The molecule has 0 bridgehead atoms. The predicted octanol–water partition coefficient (Wildman–Crippen LogP) is 2.41. The van der Waals surface area contributed by atoms with Gasteiger partial charge in [-0.15, -0.1) is 11.3 Å². The van der Waals surface area contributed by atoms with Crippen LogP contribution in [0.4, 0.5) is 23.9 Å². The molecule has 0 radical (unpaired) electrons. The SMILES string of the molecule is COc1c(NCCC(F)(F)F)sc(C(=O)N(C)C)c1N. The number of carbonyl (C=O) groups excluding carboxylic acids is 1. The zero-order chi connectivity index (χ0) is 15.5. The molecule has 5 nitrogen and oxygen atoms in total. The van der Waals surface area contributed by atoms with Gasteiger partial charge in [0.05, 0.1) is 13.5 Å². The van der Waals surface area contributed by atoms with Crippen molar-refractivity contribution >= 4 is 27.9 Å². The largest absolute Gasteiger partial charge is 0.492 e. The van der Waals surface area contributed by atoms with E-state index in [2.05, 4.69) is 5.32 Å². The Balaban J connectivity index is 2.91. The minimum absolute atomic E-state index is 0.130. The van der Waals surface area contributed by atoms with Gasteiger partial charge in [0.15, 0.2) is 5.75 Å². The van der Waals surface area contributed by atoms with E-state index in [0.29, 0.717) is 5.00 Å². The van der Waals surface area contributed by atoms with Crippen LogP contribution in [0.2, 0.25) is 0 Å². The van der Waals surface area contributed by atoms with Gasteiger partial charge < -0.3 is 20.7 Å². The molecule has 0 fully saturated rings. The molecule has 1 heterocycles. The van der Waals surface area contributed by atoms with E-state index in [1.54, 1.807) is 14.1 Å². The van der Waals surface area contributed by atoms with Crippen molar-refractivity contribution in [1.29, 1.82) is 0 Å². The third-order valence-corrected chi connectivity index (χ3v) is 3.53. The van der Waals surface area contributed by atoms with Crippen LogP contribution >= 0.6 is 11.3 Å². The van der Waals surface area contributed by atoms with Crippen molar-refractivity contribution in [2.75, 3.05) is 38.8 Å². The first kappa shape index (κ1) is 16.4. The molecule has 1 aromatic heterocycles. The monoisotopic (exact) mass is 311 g/mol. The number of hydrogen-bond acceptors (Lipinski definition) is 5. The molecule has 0 saturated heterocycles. The van der Waals surface area contributed by atoms with Crippen LogP contribution in [0.25, 0.3) is 0 Å². The van der Waals surface area contributed by atoms with Crippen molar-refractivity contribution in [1.82, 2.24) is 4.90 Å². The minimum Gasteiger partial charge on any atom is -0.492 e. The molecule has 1 aromatic rings.